The van der Waals surface area contributed by atoms with Gasteiger partial charge in [0.1, 0.15) is 0 Å². The largest absolute Gasteiger partial charge is 0.380 e. The summed E-state index contributed by atoms with van der Waals surface area (Å²) < 4.78 is 28.8. The normalized spacial score (nSPS) is 27.7. The first-order chi connectivity index (χ1) is 6.54. The van der Waals surface area contributed by atoms with Crippen LogP contribution >= 0.6 is 0 Å². The van der Waals surface area contributed by atoms with Crippen LogP contribution in [0.2, 0.25) is 0 Å². The number of ether oxygens (including phenoxy) is 1. The van der Waals surface area contributed by atoms with E-state index in [1.54, 1.807) is 6.92 Å². The molecular formula is C9H15F2NO2. The van der Waals surface area contributed by atoms with Crippen LogP contribution in [0.5, 0.6) is 0 Å². The Morgan fingerprint density at radius 2 is 2.36 bits per heavy atom. The molecule has 0 bridgehead atoms. The van der Waals surface area contributed by atoms with E-state index in [4.69, 9.17) is 4.74 Å². The lowest BCUT2D eigenvalue weighted by Crippen LogP contribution is -2.45. The average Bonchev–Trinajstić information content (AvgIpc) is 2.15. The van der Waals surface area contributed by atoms with Gasteiger partial charge in [-0.05, 0) is 19.8 Å². The van der Waals surface area contributed by atoms with Crippen LogP contribution in [0.4, 0.5) is 8.78 Å². The van der Waals surface area contributed by atoms with E-state index < -0.39 is 18.4 Å². The van der Waals surface area contributed by atoms with Gasteiger partial charge in [0, 0.05) is 6.61 Å². The minimum atomic E-state index is -2.49. The molecule has 0 aliphatic carbocycles. The van der Waals surface area contributed by atoms with Gasteiger partial charge in [-0.1, -0.05) is 0 Å². The van der Waals surface area contributed by atoms with Crippen LogP contribution in [0.25, 0.3) is 0 Å². The first-order valence-corrected chi connectivity index (χ1v) is 4.69. The predicted molar refractivity (Wildman–Crippen MR) is 47.2 cm³/mol. The topological polar surface area (TPSA) is 38.3 Å². The maximum Gasteiger partial charge on any atom is 0.255 e. The second-order valence-corrected chi connectivity index (χ2v) is 3.82. The number of rotatable bonds is 3. The van der Waals surface area contributed by atoms with E-state index in [1.165, 1.54) is 0 Å². The number of halogens is 2. The fraction of sp³-hybridized carbons (Fsp3) is 0.889. The number of hydrogen-bond acceptors (Lipinski definition) is 2. The lowest BCUT2D eigenvalue weighted by molar-refractivity contribution is -0.138. The van der Waals surface area contributed by atoms with Crippen molar-refractivity contribution in [3.63, 3.8) is 0 Å². The Bertz CT molecular complexity index is 203. The zero-order valence-electron chi connectivity index (χ0n) is 8.19. The van der Waals surface area contributed by atoms with Crippen LogP contribution in [0.1, 0.15) is 19.8 Å². The van der Waals surface area contributed by atoms with E-state index in [-0.39, 0.29) is 5.91 Å². The highest BCUT2D eigenvalue weighted by Crippen LogP contribution is 2.27. The lowest BCUT2D eigenvalue weighted by Gasteiger charge is -2.31. The van der Waals surface area contributed by atoms with Crippen molar-refractivity contribution in [1.29, 1.82) is 0 Å². The molecule has 5 heteroatoms. The Hall–Kier alpha value is -0.710. The quantitative estimate of drug-likeness (QED) is 0.754. The van der Waals surface area contributed by atoms with Crippen LogP contribution in [0.3, 0.4) is 0 Å². The standard InChI is InChI=1S/C9H15F2NO2/c1-9(3-2-4-14-6-9)8(13)12-5-7(10)11/h7H,2-6H2,1H3,(H,12,13)/t9-/m0/s1. The summed E-state index contributed by atoms with van der Waals surface area (Å²) in [5.41, 5.74) is -0.632. The predicted octanol–water partition coefficient (Wildman–Crippen LogP) is 1.18. The van der Waals surface area contributed by atoms with Gasteiger partial charge in [-0.2, -0.15) is 0 Å². The zero-order valence-corrected chi connectivity index (χ0v) is 8.19. The number of hydrogen-bond donors (Lipinski definition) is 1. The molecule has 0 unspecified atom stereocenters. The molecule has 3 nitrogen and oxygen atoms in total. The van der Waals surface area contributed by atoms with Crippen molar-refractivity contribution >= 4 is 5.91 Å². The van der Waals surface area contributed by atoms with Gasteiger partial charge >= 0.3 is 0 Å². The molecule has 0 radical (unpaired) electrons. The van der Waals surface area contributed by atoms with Gasteiger partial charge < -0.3 is 10.1 Å². The summed E-state index contributed by atoms with van der Waals surface area (Å²) in [5, 5.41) is 2.22. The third-order valence-corrected chi connectivity index (χ3v) is 2.40. The third kappa shape index (κ3) is 2.90. The molecule has 0 saturated carbocycles. The molecule has 1 aliphatic rings. The third-order valence-electron chi connectivity index (χ3n) is 2.40. The van der Waals surface area contributed by atoms with Gasteiger partial charge in [-0.15, -0.1) is 0 Å². The van der Waals surface area contributed by atoms with E-state index >= 15 is 0 Å². The van der Waals surface area contributed by atoms with Crippen molar-refractivity contribution in [2.45, 2.75) is 26.2 Å². The maximum absolute atomic E-state index is 11.8. The monoisotopic (exact) mass is 207 g/mol. The first-order valence-electron chi connectivity index (χ1n) is 4.69. The maximum atomic E-state index is 11.8. The fourth-order valence-electron chi connectivity index (χ4n) is 1.50. The van der Waals surface area contributed by atoms with Crippen molar-refractivity contribution in [3.8, 4) is 0 Å². The molecule has 1 heterocycles. The molecule has 0 aromatic rings. The molecule has 1 fully saturated rings. The van der Waals surface area contributed by atoms with Gasteiger partial charge in [0.15, 0.2) is 0 Å². The van der Waals surface area contributed by atoms with Crippen molar-refractivity contribution in [2.75, 3.05) is 19.8 Å². The molecule has 82 valence electrons. The number of carbonyl (C=O) groups is 1. The molecule has 1 rings (SSSR count). The molecule has 1 aliphatic heterocycles. The number of alkyl halides is 2. The van der Waals surface area contributed by atoms with Crippen molar-refractivity contribution < 1.29 is 18.3 Å². The number of nitrogens with one attached hydrogen (secondary N) is 1. The Balaban J connectivity index is 2.41. The molecule has 1 saturated heterocycles. The summed E-state index contributed by atoms with van der Waals surface area (Å²) >= 11 is 0. The Morgan fingerprint density at radius 3 is 2.86 bits per heavy atom. The number of carbonyl (C=O) groups excluding carboxylic acids is 1. The van der Waals surface area contributed by atoms with E-state index in [0.29, 0.717) is 19.6 Å². The second-order valence-electron chi connectivity index (χ2n) is 3.82. The minimum Gasteiger partial charge on any atom is -0.380 e. The molecule has 0 spiro atoms. The fourth-order valence-corrected chi connectivity index (χ4v) is 1.50. The van der Waals surface area contributed by atoms with Crippen LogP contribution in [-0.2, 0) is 9.53 Å². The summed E-state index contributed by atoms with van der Waals surface area (Å²) in [6.07, 6.45) is -0.993. The highest BCUT2D eigenvalue weighted by atomic mass is 19.3. The highest BCUT2D eigenvalue weighted by Gasteiger charge is 2.35. The molecule has 1 N–H and O–H groups in total. The molecule has 0 aromatic carbocycles. The van der Waals surface area contributed by atoms with Crippen LogP contribution in [-0.4, -0.2) is 32.1 Å². The second kappa shape index (κ2) is 4.68. The number of amides is 1. The van der Waals surface area contributed by atoms with Crippen molar-refractivity contribution in [3.05, 3.63) is 0 Å². The first kappa shape index (κ1) is 11.4. The summed E-state index contributed by atoms with van der Waals surface area (Å²) in [5.74, 6) is -0.336. The minimum absolute atomic E-state index is 0.321. The Kier molecular flexibility index (Phi) is 3.80. The van der Waals surface area contributed by atoms with Gasteiger partial charge in [-0.25, -0.2) is 8.78 Å². The summed E-state index contributed by atoms with van der Waals surface area (Å²) in [6.45, 7) is 2.14. The zero-order chi connectivity index (χ0) is 10.6. The van der Waals surface area contributed by atoms with E-state index in [2.05, 4.69) is 5.32 Å². The van der Waals surface area contributed by atoms with Gasteiger partial charge in [0.05, 0.1) is 18.6 Å². The molecule has 1 atom stereocenters. The van der Waals surface area contributed by atoms with Gasteiger partial charge in [0.2, 0.25) is 5.91 Å². The Morgan fingerprint density at radius 1 is 1.64 bits per heavy atom. The lowest BCUT2D eigenvalue weighted by atomic mass is 9.84. The van der Waals surface area contributed by atoms with E-state index in [0.717, 1.165) is 6.42 Å². The van der Waals surface area contributed by atoms with Crippen molar-refractivity contribution in [2.24, 2.45) is 5.41 Å². The molecule has 1 amide bonds. The molecule has 14 heavy (non-hydrogen) atoms. The molecular weight excluding hydrogens is 192 g/mol. The van der Waals surface area contributed by atoms with Crippen molar-refractivity contribution in [1.82, 2.24) is 5.32 Å². The van der Waals surface area contributed by atoms with E-state index in [9.17, 15) is 13.6 Å². The smallest absolute Gasteiger partial charge is 0.255 e. The van der Waals surface area contributed by atoms with Crippen LogP contribution < -0.4 is 5.32 Å². The molecule has 0 aromatic heterocycles. The summed E-state index contributed by atoms with van der Waals surface area (Å²) in [7, 11) is 0. The SMILES string of the molecule is C[C@]1(C(=O)NCC(F)F)CCCOC1. The van der Waals surface area contributed by atoms with Gasteiger partial charge in [-0.3, -0.25) is 4.79 Å². The van der Waals surface area contributed by atoms with Gasteiger partial charge in [0.25, 0.3) is 6.43 Å². The Labute approximate surface area is 81.8 Å². The van der Waals surface area contributed by atoms with E-state index in [1.807, 2.05) is 0 Å². The average molecular weight is 207 g/mol. The summed E-state index contributed by atoms with van der Waals surface area (Å²) in [6, 6.07) is 0. The van der Waals surface area contributed by atoms with Crippen LogP contribution in [0, 0.1) is 5.41 Å². The highest BCUT2D eigenvalue weighted by molar-refractivity contribution is 5.82. The summed E-state index contributed by atoms with van der Waals surface area (Å²) in [4.78, 5) is 11.5. The van der Waals surface area contributed by atoms with Crippen LogP contribution in [0.15, 0.2) is 0 Å².